The second-order valence-corrected chi connectivity index (χ2v) is 8.71. The minimum atomic E-state index is -0.295. The van der Waals surface area contributed by atoms with Crippen LogP contribution < -0.4 is 5.32 Å². The number of anilines is 1. The van der Waals surface area contributed by atoms with Crippen molar-refractivity contribution < 1.29 is 9.59 Å². The van der Waals surface area contributed by atoms with Gasteiger partial charge in [0.25, 0.3) is 5.91 Å². The second-order valence-electron chi connectivity index (χ2n) is 6.12. The van der Waals surface area contributed by atoms with E-state index in [9.17, 15) is 9.59 Å². The smallest absolute Gasteiger partial charge is 0.266 e. The number of nitrogens with one attached hydrogen (secondary N) is 1. The second kappa shape index (κ2) is 9.32. The van der Waals surface area contributed by atoms with Gasteiger partial charge in [0.15, 0.2) is 0 Å². The maximum atomic E-state index is 12.7. The molecule has 1 fully saturated rings. The van der Waals surface area contributed by atoms with Gasteiger partial charge in [-0.2, -0.15) is 0 Å². The van der Waals surface area contributed by atoms with Crippen LogP contribution in [0.1, 0.15) is 12.5 Å². The summed E-state index contributed by atoms with van der Waals surface area (Å²) in [6, 6.07) is 17.1. The maximum Gasteiger partial charge on any atom is 0.266 e. The molecule has 0 saturated carbocycles. The van der Waals surface area contributed by atoms with Gasteiger partial charge in [0.2, 0.25) is 5.91 Å². The first kappa shape index (κ1) is 20.5. The van der Waals surface area contributed by atoms with E-state index in [1.165, 1.54) is 16.7 Å². The van der Waals surface area contributed by atoms with Gasteiger partial charge < -0.3 is 5.32 Å². The third-order valence-corrected chi connectivity index (χ3v) is 5.76. The van der Waals surface area contributed by atoms with Crippen molar-refractivity contribution in [1.82, 2.24) is 4.90 Å². The van der Waals surface area contributed by atoms with Crippen molar-refractivity contribution in [1.29, 1.82) is 0 Å². The van der Waals surface area contributed by atoms with E-state index in [4.69, 9.17) is 12.2 Å². The topological polar surface area (TPSA) is 49.4 Å². The van der Waals surface area contributed by atoms with E-state index >= 15 is 0 Å². The van der Waals surface area contributed by atoms with Crippen LogP contribution in [0.4, 0.5) is 5.69 Å². The Morgan fingerprint density at radius 3 is 2.54 bits per heavy atom. The Bertz CT molecular complexity index is 970. The van der Waals surface area contributed by atoms with E-state index in [0.29, 0.717) is 14.9 Å². The Hall–Kier alpha value is -2.22. The zero-order chi connectivity index (χ0) is 20.1. The molecule has 1 heterocycles. The lowest BCUT2D eigenvalue weighted by molar-refractivity contribution is -0.126. The van der Waals surface area contributed by atoms with Crippen molar-refractivity contribution in [3.05, 3.63) is 81.2 Å². The summed E-state index contributed by atoms with van der Waals surface area (Å²) in [7, 11) is 0. The lowest BCUT2D eigenvalue weighted by Gasteiger charge is -2.14. The van der Waals surface area contributed by atoms with E-state index in [0.717, 1.165) is 15.6 Å². The lowest BCUT2D eigenvalue weighted by atomic mass is 10.1. The number of benzene rings is 2. The first-order chi connectivity index (χ1) is 13.4. The lowest BCUT2D eigenvalue weighted by Crippen LogP contribution is -2.36. The molecule has 0 aromatic heterocycles. The molecular weight excluding hydrogens is 456 g/mol. The molecule has 1 N–H and O–H groups in total. The summed E-state index contributed by atoms with van der Waals surface area (Å²) >= 11 is 9.86. The van der Waals surface area contributed by atoms with E-state index in [2.05, 4.69) is 21.2 Å². The molecule has 142 valence electrons. The molecule has 0 spiro atoms. The van der Waals surface area contributed by atoms with Crippen molar-refractivity contribution in [2.45, 2.75) is 6.92 Å². The molecule has 28 heavy (non-hydrogen) atoms. The highest BCUT2D eigenvalue weighted by Gasteiger charge is 2.33. The summed E-state index contributed by atoms with van der Waals surface area (Å²) < 4.78 is 1.31. The standard InChI is InChI=1S/C21H17BrN2O2S2/c1-14(11-15-5-3-2-4-6-15)12-18-20(26)24(21(27)28-18)13-19(25)23-17-9-7-16(22)8-10-17/h2-12H,13H2,1H3,(H,23,25)/b14-11+,18-12+. The molecule has 2 aromatic rings. The number of carbonyl (C=O) groups is 2. The average molecular weight is 473 g/mol. The van der Waals surface area contributed by atoms with Crippen LogP contribution in [0.3, 0.4) is 0 Å². The van der Waals surface area contributed by atoms with E-state index < -0.39 is 0 Å². The van der Waals surface area contributed by atoms with Gasteiger partial charge in [-0.1, -0.05) is 76.3 Å². The fourth-order valence-electron chi connectivity index (χ4n) is 2.57. The third kappa shape index (κ3) is 5.41. The fourth-order valence-corrected chi connectivity index (χ4v) is 4.14. The van der Waals surface area contributed by atoms with Gasteiger partial charge in [-0.3, -0.25) is 14.5 Å². The quantitative estimate of drug-likeness (QED) is 0.477. The Balaban J connectivity index is 1.66. The number of thioether (sulfide) groups is 1. The number of rotatable bonds is 5. The van der Waals surface area contributed by atoms with Gasteiger partial charge >= 0.3 is 0 Å². The number of hydrogen-bond acceptors (Lipinski definition) is 4. The summed E-state index contributed by atoms with van der Waals surface area (Å²) in [4.78, 5) is 26.8. The Kier molecular flexibility index (Phi) is 6.83. The summed E-state index contributed by atoms with van der Waals surface area (Å²) in [5.74, 6) is -0.543. The summed E-state index contributed by atoms with van der Waals surface area (Å²) in [6.07, 6.45) is 3.80. The van der Waals surface area contributed by atoms with E-state index in [1.807, 2.05) is 55.5 Å². The number of amides is 2. The number of allylic oxidation sites excluding steroid dienone is 2. The zero-order valence-corrected chi connectivity index (χ0v) is 18.2. The highest BCUT2D eigenvalue weighted by molar-refractivity contribution is 9.10. The predicted octanol–water partition coefficient (Wildman–Crippen LogP) is 5.24. The van der Waals surface area contributed by atoms with Gasteiger partial charge in [0.1, 0.15) is 10.9 Å². The monoisotopic (exact) mass is 472 g/mol. The SMILES string of the molecule is CC(=C\c1ccccc1)/C=C1/SC(=S)N(CC(=O)Nc2ccc(Br)cc2)C1=O. The molecule has 2 aromatic carbocycles. The van der Waals surface area contributed by atoms with Crippen molar-refractivity contribution in [2.24, 2.45) is 0 Å². The van der Waals surface area contributed by atoms with Crippen LogP contribution in [0.25, 0.3) is 6.08 Å². The van der Waals surface area contributed by atoms with E-state index in [1.54, 1.807) is 18.2 Å². The normalized spacial score (nSPS) is 16.0. The van der Waals surface area contributed by atoms with Crippen LogP contribution >= 0.6 is 39.9 Å². The maximum absolute atomic E-state index is 12.7. The Labute approximate surface area is 181 Å². The van der Waals surface area contributed by atoms with Gasteiger partial charge in [-0.15, -0.1) is 0 Å². The predicted molar refractivity (Wildman–Crippen MR) is 123 cm³/mol. The van der Waals surface area contributed by atoms with Crippen molar-refractivity contribution >= 4 is 67.8 Å². The number of hydrogen-bond donors (Lipinski definition) is 1. The summed E-state index contributed by atoms with van der Waals surface area (Å²) in [5.41, 5.74) is 2.66. The van der Waals surface area contributed by atoms with Crippen LogP contribution in [-0.2, 0) is 9.59 Å². The highest BCUT2D eigenvalue weighted by Crippen LogP contribution is 2.32. The largest absolute Gasteiger partial charge is 0.325 e. The van der Waals surface area contributed by atoms with Crippen LogP contribution in [0.15, 0.2) is 75.6 Å². The number of nitrogens with zero attached hydrogens (tertiary/aromatic N) is 1. The minimum Gasteiger partial charge on any atom is -0.325 e. The van der Waals surface area contributed by atoms with Gasteiger partial charge in [-0.25, -0.2) is 0 Å². The Morgan fingerprint density at radius 2 is 1.86 bits per heavy atom. The molecule has 3 rings (SSSR count). The number of carbonyl (C=O) groups excluding carboxylic acids is 2. The minimum absolute atomic E-state index is 0.112. The van der Waals surface area contributed by atoms with Crippen LogP contribution in [0.2, 0.25) is 0 Å². The van der Waals surface area contributed by atoms with Crippen LogP contribution in [-0.4, -0.2) is 27.6 Å². The third-order valence-electron chi connectivity index (χ3n) is 3.86. The fraction of sp³-hybridized carbons (Fsp3) is 0.0952. The zero-order valence-electron chi connectivity index (χ0n) is 15.0. The molecular formula is C21H17BrN2O2S2. The molecule has 0 bridgehead atoms. The average Bonchev–Trinajstić information content (AvgIpc) is 2.91. The first-order valence-electron chi connectivity index (χ1n) is 8.46. The highest BCUT2D eigenvalue weighted by atomic mass is 79.9. The molecule has 4 nitrogen and oxygen atoms in total. The van der Waals surface area contributed by atoms with Crippen molar-refractivity contribution in [3.8, 4) is 0 Å². The van der Waals surface area contributed by atoms with Crippen LogP contribution in [0, 0.1) is 0 Å². The molecule has 1 aliphatic rings. The molecule has 7 heteroatoms. The van der Waals surface area contributed by atoms with Crippen LogP contribution in [0.5, 0.6) is 0 Å². The van der Waals surface area contributed by atoms with Crippen molar-refractivity contribution in [2.75, 3.05) is 11.9 Å². The van der Waals surface area contributed by atoms with Gasteiger partial charge in [0.05, 0.1) is 4.91 Å². The number of halogens is 1. The van der Waals surface area contributed by atoms with Crippen molar-refractivity contribution in [3.63, 3.8) is 0 Å². The molecule has 1 saturated heterocycles. The molecule has 0 aliphatic carbocycles. The van der Waals surface area contributed by atoms with Gasteiger partial charge in [-0.05, 0) is 48.4 Å². The molecule has 0 atom stereocenters. The summed E-state index contributed by atoms with van der Waals surface area (Å²) in [5, 5.41) is 2.77. The van der Waals surface area contributed by atoms with E-state index in [-0.39, 0.29) is 18.4 Å². The molecule has 0 radical (unpaired) electrons. The first-order valence-corrected chi connectivity index (χ1v) is 10.5. The molecule has 0 unspecified atom stereocenters. The molecule has 2 amide bonds. The number of thiocarbonyl (C=S) groups is 1. The Morgan fingerprint density at radius 1 is 1.18 bits per heavy atom. The van der Waals surface area contributed by atoms with Gasteiger partial charge in [0, 0.05) is 10.2 Å². The summed E-state index contributed by atoms with van der Waals surface area (Å²) in [6.45, 7) is 1.82. The molecule has 1 aliphatic heterocycles.